The quantitative estimate of drug-likeness (QED) is 0.815. The van der Waals surface area contributed by atoms with Crippen LogP contribution in [0.5, 0.6) is 5.75 Å². The first kappa shape index (κ1) is 15.6. The number of nitrogen functional groups attached to an aromatic ring is 1. The van der Waals surface area contributed by atoms with Crippen LogP contribution in [-0.2, 0) is 9.53 Å². The summed E-state index contributed by atoms with van der Waals surface area (Å²) >= 11 is 0. The number of carbonyl (C=O) groups excluding carboxylic acids is 1. The van der Waals surface area contributed by atoms with Gasteiger partial charge in [-0.1, -0.05) is 12.1 Å². The van der Waals surface area contributed by atoms with Crippen molar-refractivity contribution in [3.63, 3.8) is 0 Å². The highest BCUT2D eigenvalue weighted by Crippen LogP contribution is 2.20. The molecule has 1 aliphatic rings. The summed E-state index contributed by atoms with van der Waals surface area (Å²) in [6, 6.07) is 7.32. The number of nitrogens with two attached hydrogens (primary N) is 1. The Balaban J connectivity index is 1.75. The van der Waals surface area contributed by atoms with Gasteiger partial charge in [-0.2, -0.15) is 0 Å². The minimum Gasteiger partial charge on any atom is -0.491 e. The van der Waals surface area contributed by atoms with Gasteiger partial charge in [0.15, 0.2) is 0 Å². The number of likely N-dealkylation sites (tertiary alicyclic amines) is 1. The molecule has 1 fully saturated rings. The number of hydrogen-bond acceptors (Lipinski definition) is 4. The molecule has 0 spiro atoms. The molecule has 1 aromatic rings. The standard InChI is InChI=1S/C16H24N2O3/c1-2-20-13-6-5-10-18(12-13)16(19)9-11-21-15-8-4-3-7-14(15)17/h3-4,7-8,13H,2,5-6,9-12,17H2,1H3. The van der Waals surface area contributed by atoms with Crippen molar-refractivity contribution in [1.82, 2.24) is 4.90 Å². The molecule has 0 saturated carbocycles. The van der Waals surface area contributed by atoms with E-state index in [9.17, 15) is 4.79 Å². The fourth-order valence-electron chi connectivity index (χ4n) is 2.55. The lowest BCUT2D eigenvalue weighted by Gasteiger charge is -2.32. The van der Waals surface area contributed by atoms with Crippen LogP contribution in [0, 0.1) is 0 Å². The second-order valence-corrected chi connectivity index (χ2v) is 5.20. The van der Waals surface area contributed by atoms with Gasteiger partial charge in [0, 0.05) is 19.7 Å². The van der Waals surface area contributed by atoms with Gasteiger partial charge in [-0.25, -0.2) is 0 Å². The first-order valence-electron chi connectivity index (χ1n) is 7.57. The number of anilines is 1. The highest BCUT2D eigenvalue weighted by atomic mass is 16.5. The molecule has 5 nitrogen and oxygen atoms in total. The van der Waals surface area contributed by atoms with Crippen LogP contribution in [0.4, 0.5) is 5.69 Å². The fraction of sp³-hybridized carbons (Fsp3) is 0.562. The molecule has 1 unspecified atom stereocenters. The molecule has 1 aromatic carbocycles. The van der Waals surface area contributed by atoms with Gasteiger partial charge in [0.05, 0.1) is 24.8 Å². The Bertz CT molecular complexity index is 463. The maximum absolute atomic E-state index is 12.2. The Morgan fingerprint density at radius 1 is 1.43 bits per heavy atom. The van der Waals surface area contributed by atoms with Crippen molar-refractivity contribution in [2.45, 2.75) is 32.3 Å². The normalized spacial score (nSPS) is 18.5. The van der Waals surface area contributed by atoms with E-state index >= 15 is 0 Å². The highest BCUT2D eigenvalue weighted by molar-refractivity contribution is 5.76. The zero-order chi connectivity index (χ0) is 15.1. The van der Waals surface area contributed by atoms with Gasteiger partial charge in [0.25, 0.3) is 0 Å². The summed E-state index contributed by atoms with van der Waals surface area (Å²) in [5.41, 5.74) is 6.39. The van der Waals surface area contributed by atoms with E-state index in [0.29, 0.717) is 37.6 Å². The van der Waals surface area contributed by atoms with Crippen molar-refractivity contribution >= 4 is 11.6 Å². The molecule has 5 heteroatoms. The van der Waals surface area contributed by atoms with E-state index in [1.807, 2.05) is 30.0 Å². The molecule has 0 aliphatic carbocycles. The van der Waals surface area contributed by atoms with Crippen molar-refractivity contribution in [3.8, 4) is 5.75 Å². The zero-order valence-corrected chi connectivity index (χ0v) is 12.6. The van der Waals surface area contributed by atoms with Gasteiger partial charge in [-0.05, 0) is 31.9 Å². The van der Waals surface area contributed by atoms with E-state index in [-0.39, 0.29) is 12.0 Å². The molecule has 0 bridgehead atoms. The Morgan fingerprint density at radius 3 is 3.00 bits per heavy atom. The topological polar surface area (TPSA) is 64.8 Å². The summed E-state index contributed by atoms with van der Waals surface area (Å²) in [6.45, 7) is 4.54. The summed E-state index contributed by atoms with van der Waals surface area (Å²) in [5.74, 6) is 0.755. The van der Waals surface area contributed by atoms with E-state index in [1.165, 1.54) is 0 Å². The molecule has 116 valence electrons. The summed E-state index contributed by atoms with van der Waals surface area (Å²) in [7, 11) is 0. The average Bonchev–Trinajstić information content (AvgIpc) is 2.50. The second-order valence-electron chi connectivity index (χ2n) is 5.20. The van der Waals surface area contributed by atoms with Crippen LogP contribution in [0.1, 0.15) is 26.2 Å². The van der Waals surface area contributed by atoms with E-state index in [1.54, 1.807) is 6.07 Å². The van der Waals surface area contributed by atoms with E-state index < -0.39 is 0 Å². The van der Waals surface area contributed by atoms with Gasteiger partial charge in [-0.15, -0.1) is 0 Å². The third-order valence-electron chi connectivity index (χ3n) is 3.63. The lowest BCUT2D eigenvalue weighted by Crippen LogP contribution is -2.43. The number of amides is 1. The van der Waals surface area contributed by atoms with Crippen LogP contribution in [0.25, 0.3) is 0 Å². The Labute approximate surface area is 126 Å². The molecule has 1 atom stereocenters. The minimum absolute atomic E-state index is 0.119. The number of benzene rings is 1. The maximum atomic E-state index is 12.2. The molecule has 1 aliphatic heterocycles. The lowest BCUT2D eigenvalue weighted by molar-refractivity contribution is -0.135. The van der Waals surface area contributed by atoms with Crippen molar-refractivity contribution in [3.05, 3.63) is 24.3 Å². The van der Waals surface area contributed by atoms with Crippen LogP contribution in [0.15, 0.2) is 24.3 Å². The molecular weight excluding hydrogens is 268 g/mol. The Kier molecular flexibility index (Phi) is 5.87. The van der Waals surface area contributed by atoms with Crippen LogP contribution in [0.2, 0.25) is 0 Å². The Morgan fingerprint density at radius 2 is 2.24 bits per heavy atom. The summed E-state index contributed by atoms with van der Waals surface area (Å²) in [4.78, 5) is 14.1. The van der Waals surface area contributed by atoms with Crippen LogP contribution < -0.4 is 10.5 Å². The summed E-state index contributed by atoms with van der Waals surface area (Å²) < 4.78 is 11.2. The maximum Gasteiger partial charge on any atom is 0.226 e. The first-order valence-corrected chi connectivity index (χ1v) is 7.57. The van der Waals surface area contributed by atoms with Crippen LogP contribution in [0.3, 0.4) is 0 Å². The van der Waals surface area contributed by atoms with Gasteiger partial charge in [0.2, 0.25) is 5.91 Å². The third kappa shape index (κ3) is 4.63. The molecular formula is C16H24N2O3. The molecule has 2 rings (SSSR count). The number of piperidine rings is 1. The van der Waals surface area contributed by atoms with Crippen molar-refractivity contribution in [2.75, 3.05) is 32.0 Å². The number of para-hydroxylation sites is 2. The third-order valence-corrected chi connectivity index (χ3v) is 3.63. The molecule has 1 saturated heterocycles. The number of carbonyl (C=O) groups is 1. The number of nitrogens with zero attached hydrogens (tertiary/aromatic N) is 1. The van der Waals surface area contributed by atoms with Crippen LogP contribution in [-0.4, -0.2) is 43.2 Å². The van der Waals surface area contributed by atoms with Crippen molar-refractivity contribution < 1.29 is 14.3 Å². The Hall–Kier alpha value is -1.75. The molecule has 21 heavy (non-hydrogen) atoms. The first-order chi connectivity index (χ1) is 10.2. The number of ether oxygens (including phenoxy) is 2. The zero-order valence-electron chi connectivity index (χ0n) is 12.6. The van der Waals surface area contributed by atoms with E-state index in [2.05, 4.69) is 0 Å². The highest BCUT2D eigenvalue weighted by Gasteiger charge is 2.23. The van der Waals surface area contributed by atoms with Gasteiger partial charge >= 0.3 is 0 Å². The average molecular weight is 292 g/mol. The number of hydrogen-bond donors (Lipinski definition) is 1. The number of rotatable bonds is 6. The SMILES string of the molecule is CCOC1CCCN(C(=O)CCOc2ccccc2N)C1. The monoisotopic (exact) mass is 292 g/mol. The second kappa shape index (κ2) is 7.88. The van der Waals surface area contributed by atoms with Gasteiger partial charge in [-0.3, -0.25) is 4.79 Å². The van der Waals surface area contributed by atoms with Gasteiger partial charge in [0.1, 0.15) is 5.75 Å². The smallest absolute Gasteiger partial charge is 0.226 e. The summed E-state index contributed by atoms with van der Waals surface area (Å²) in [6.07, 6.45) is 2.59. The minimum atomic E-state index is 0.119. The van der Waals surface area contributed by atoms with Crippen molar-refractivity contribution in [2.24, 2.45) is 0 Å². The van der Waals surface area contributed by atoms with Crippen LogP contribution >= 0.6 is 0 Å². The molecule has 2 N–H and O–H groups in total. The molecule has 0 aromatic heterocycles. The molecule has 1 heterocycles. The van der Waals surface area contributed by atoms with Gasteiger partial charge < -0.3 is 20.1 Å². The largest absolute Gasteiger partial charge is 0.491 e. The fourth-order valence-corrected chi connectivity index (χ4v) is 2.55. The lowest BCUT2D eigenvalue weighted by atomic mass is 10.1. The molecule has 1 amide bonds. The van der Waals surface area contributed by atoms with Crippen molar-refractivity contribution in [1.29, 1.82) is 0 Å². The predicted molar refractivity (Wildman–Crippen MR) is 82.2 cm³/mol. The van der Waals surface area contributed by atoms with E-state index in [4.69, 9.17) is 15.2 Å². The molecule has 0 radical (unpaired) electrons. The van der Waals surface area contributed by atoms with E-state index in [0.717, 1.165) is 19.4 Å². The summed E-state index contributed by atoms with van der Waals surface area (Å²) in [5, 5.41) is 0. The predicted octanol–water partition coefficient (Wildman–Crippen LogP) is 2.07.